The van der Waals surface area contributed by atoms with Gasteiger partial charge in [-0.2, -0.15) is 8.78 Å². The molecule has 0 aliphatic heterocycles. The Bertz CT molecular complexity index is 1210. The molecule has 0 fully saturated rings. The maximum absolute atomic E-state index is 15.3. The van der Waals surface area contributed by atoms with Crippen molar-refractivity contribution >= 4 is 0 Å². The molecule has 0 unspecified atom stereocenters. The summed E-state index contributed by atoms with van der Waals surface area (Å²) in [5.74, 6) is -8.51. The van der Waals surface area contributed by atoms with Gasteiger partial charge >= 0.3 is 6.11 Å². The van der Waals surface area contributed by atoms with E-state index in [1.165, 1.54) is 12.1 Å². The molecule has 0 heterocycles. The van der Waals surface area contributed by atoms with E-state index in [9.17, 15) is 27.1 Å². The van der Waals surface area contributed by atoms with E-state index >= 15 is 4.39 Å². The number of aryl methyl sites for hydroxylation is 2. The minimum absolute atomic E-state index is 0.000709. The number of ether oxygens (including phenoxy) is 1. The molecular weight excluding hydrogens is 494 g/mol. The molecule has 0 aliphatic carbocycles. The highest BCUT2D eigenvalue weighted by atomic mass is 19.3. The first-order chi connectivity index (χ1) is 17.6. The van der Waals surface area contributed by atoms with E-state index in [2.05, 4.69) is 11.7 Å². The van der Waals surface area contributed by atoms with Gasteiger partial charge in [0, 0.05) is 11.6 Å². The molecule has 0 spiro atoms. The van der Waals surface area contributed by atoms with Crippen LogP contribution in [0.3, 0.4) is 0 Å². The molecule has 0 saturated carbocycles. The van der Waals surface area contributed by atoms with E-state index in [4.69, 9.17) is 0 Å². The Hall–Kier alpha value is -3.16. The van der Waals surface area contributed by atoms with Gasteiger partial charge in [-0.3, -0.25) is 5.11 Å². The highest BCUT2D eigenvalue weighted by Crippen LogP contribution is 2.43. The standard InChI is InChI=1S/C29H29F6O2/c1-3-5-7-8-9-18-11-14-20(15-12-18)37-29(34,35)25-22(30)17-23(36)24(28(25)33)21-16-13-19(10-6-4-2)26(31)27(21)32/h11-17H,3-10H2,1-2H3. The predicted molar refractivity (Wildman–Crippen MR) is 129 cm³/mol. The topological polar surface area (TPSA) is 29.1 Å². The molecule has 0 amide bonds. The Balaban J connectivity index is 1.93. The first-order valence-corrected chi connectivity index (χ1v) is 12.4. The van der Waals surface area contributed by atoms with E-state index in [0.29, 0.717) is 12.8 Å². The van der Waals surface area contributed by atoms with Crippen molar-refractivity contribution in [3.63, 3.8) is 0 Å². The van der Waals surface area contributed by atoms with Crippen LogP contribution in [0.4, 0.5) is 26.3 Å². The summed E-state index contributed by atoms with van der Waals surface area (Å²) in [6.45, 7) is 3.94. The maximum Gasteiger partial charge on any atom is 0.432 e. The largest absolute Gasteiger partial charge is 0.432 e. The molecule has 2 nitrogen and oxygen atoms in total. The third-order valence-electron chi connectivity index (χ3n) is 6.19. The fourth-order valence-electron chi connectivity index (χ4n) is 4.14. The summed E-state index contributed by atoms with van der Waals surface area (Å²) in [4.78, 5) is 0. The minimum Gasteiger partial charge on any atom is -0.429 e. The zero-order valence-corrected chi connectivity index (χ0v) is 20.8. The molecule has 1 radical (unpaired) electrons. The summed E-state index contributed by atoms with van der Waals surface area (Å²) in [6, 6.07) is 7.88. The Morgan fingerprint density at radius 3 is 2.08 bits per heavy atom. The lowest BCUT2D eigenvalue weighted by Gasteiger charge is -2.21. The molecule has 3 aromatic rings. The molecule has 0 saturated heterocycles. The molecule has 3 rings (SSSR count). The van der Waals surface area contributed by atoms with Crippen LogP contribution in [0.5, 0.6) is 11.5 Å². The molecule has 0 bridgehead atoms. The first-order valence-electron chi connectivity index (χ1n) is 12.4. The van der Waals surface area contributed by atoms with Crippen molar-refractivity contribution in [2.75, 3.05) is 0 Å². The van der Waals surface area contributed by atoms with E-state index in [1.807, 2.05) is 6.92 Å². The average Bonchev–Trinajstić information content (AvgIpc) is 2.84. The highest BCUT2D eigenvalue weighted by molar-refractivity contribution is 5.73. The lowest BCUT2D eigenvalue weighted by atomic mass is 9.96. The van der Waals surface area contributed by atoms with Gasteiger partial charge in [-0.05, 0) is 48.9 Å². The van der Waals surface area contributed by atoms with Crippen LogP contribution in [0.15, 0.2) is 42.5 Å². The molecule has 199 valence electrons. The predicted octanol–water partition coefficient (Wildman–Crippen LogP) is 9.65. The van der Waals surface area contributed by atoms with Gasteiger partial charge in [-0.15, -0.1) is 0 Å². The molecule has 0 aliphatic rings. The van der Waals surface area contributed by atoms with Crippen LogP contribution in [0.25, 0.3) is 11.1 Å². The summed E-state index contributed by atoms with van der Waals surface area (Å²) in [6.07, 6.45) is 1.80. The van der Waals surface area contributed by atoms with Gasteiger partial charge in [0.15, 0.2) is 23.2 Å². The van der Waals surface area contributed by atoms with Crippen LogP contribution in [-0.2, 0) is 24.1 Å². The van der Waals surface area contributed by atoms with Gasteiger partial charge in [-0.25, -0.2) is 17.6 Å². The number of rotatable bonds is 12. The zero-order valence-electron chi connectivity index (χ0n) is 20.8. The van der Waals surface area contributed by atoms with Crippen molar-refractivity contribution in [2.24, 2.45) is 0 Å². The Morgan fingerprint density at radius 2 is 1.43 bits per heavy atom. The van der Waals surface area contributed by atoms with Gasteiger partial charge in [-0.1, -0.05) is 63.8 Å². The van der Waals surface area contributed by atoms with Crippen LogP contribution in [0.2, 0.25) is 0 Å². The number of unbranched alkanes of at least 4 members (excludes halogenated alkanes) is 4. The third kappa shape index (κ3) is 6.59. The van der Waals surface area contributed by atoms with Gasteiger partial charge in [0.1, 0.15) is 17.1 Å². The van der Waals surface area contributed by atoms with Crippen molar-refractivity contribution in [1.82, 2.24) is 0 Å². The van der Waals surface area contributed by atoms with Crippen molar-refractivity contribution in [3.8, 4) is 22.6 Å². The number of hydrogen-bond acceptors (Lipinski definition) is 1. The number of hydrogen-bond donors (Lipinski definition) is 0. The number of alkyl halides is 2. The van der Waals surface area contributed by atoms with E-state index in [1.54, 1.807) is 12.1 Å². The maximum atomic E-state index is 15.3. The van der Waals surface area contributed by atoms with Crippen molar-refractivity contribution in [3.05, 3.63) is 82.4 Å². The Morgan fingerprint density at radius 1 is 0.757 bits per heavy atom. The highest BCUT2D eigenvalue weighted by Gasteiger charge is 2.43. The van der Waals surface area contributed by atoms with Gasteiger partial charge in [0.2, 0.25) is 0 Å². The summed E-state index contributed by atoms with van der Waals surface area (Å²) in [7, 11) is 0. The molecule has 0 aromatic heterocycles. The van der Waals surface area contributed by atoms with Crippen LogP contribution in [-0.4, -0.2) is 0 Å². The zero-order chi connectivity index (χ0) is 27.2. The summed E-state index contributed by atoms with van der Waals surface area (Å²) >= 11 is 0. The molecule has 8 heteroatoms. The minimum atomic E-state index is -4.55. The number of benzene rings is 3. The monoisotopic (exact) mass is 523 g/mol. The van der Waals surface area contributed by atoms with Crippen molar-refractivity contribution in [2.45, 2.75) is 71.3 Å². The molecule has 37 heavy (non-hydrogen) atoms. The van der Waals surface area contributed by atoms with Crippen molar-refractivity contribution in [1.29, 1.82) is 0 Å². The molecule has 0 atom stereocenters. The second-order valence-electron chi connectivity index (χ2n) is 9.00. The van der Waals surface area contributed by atoms with E-state index in [-0.39, 0.29) is 23.8 Å². The fraction of sp³-hybridized carbons (Fsp3) is 0.379. The third-order valence-corrected chi connectivity index (χ3v) is 6.19. The Labute approximate surface area is 212 Å². The van der Waals surface area contributed by atoms with Gasteiger partial charge in [0.25, 0.3) is 0 Å². The van der Waals surface area contributed by atoms with Gasteiger partial charge < -0.3 is 4.74 Å². The summed E-state index contributed by atoms with van der Waals surface area (Å²) < 4.78 is 93.7. The van der Waals surface area contributed by atoms with Crippen LogP contribution in [0.1, 0.15) is 69.1 Å². The lowest BCUT2D eigenvalue weighted by Crippen LogP contribution is -2.25. The lowest BCUT2D eigenvalue weighted by molar-refractivity contribution is -0.189. The van der Waals surface area contributed by atoms with Crippen LogP contribution in [0, 0.1) is 23.3 Å². The first kappa shape index (κ1) is 28.4. The normalized spacial score (nSPS) is 11.7. The van der Waals surface area contributed by atoms with Crippen LogP contribution >= 0.6 is 0 Å². The second kappa shape index (κ2) is 12.4. The smallest absolute Gasteiger partial charge is 0.429 e. The average molecular weight is 524 g/mol. The summed E-state index contributed by atoms with van der Waals surface area (Å²) in [5.41, 5.74) is -3.03. The summed E-state index contributed by atoms with van der Waals surface area (Å²) in [5, 5.41) is 12.3. The quantitative estimate of drug-likeness (QED) is 0.172. The second-order valence-corrected chi connectivity index (χ2v) is 9.00. The molecule has 3 aromatic carbocycles. The number of halogens is 6. The van der Waals surface area contributed by atoms with E-state index in [0.717, 1.165) is 49.8 Å². The molecular formula is C29H29F6O2. The SMILES string of the molecule is CCCCCCc1ccc(OC(F)(F)c2c(F)cc([O])c(-c3ccc(CCCC)c(F)c3F)c2F)cc1. The van der Waals surface area contributed by atoms with Gasteiger partial charge in [0.05, 0.1) is 5.56 Å². The molecule has 0 N–H and O–H groups in total. The fourth-order valence-corrected chi connectivity index (χ4v) is 4.14. The van der Waals surface area contributed by atoms with E-state index < -0.39 is 51.8 Å². The van der Waals surface area contributed by atoms with Crippen molar-refractivity contribution < 1.29 is 36.2 Å². The Kier molecular flexibility index (Phi) is 9.51. The van der Waals surface area contributed by atoms with Crippen LogP contribution < -0.4 is 4.74 Å².